The molecule has 0 amide bonds. The fourth-order valence-corrected chi connectivity index (χ4v) is 8.87. The minimum absolute atomic E-state index is 0.926. The SMILES string of the molecule is CCn1c2ccc(C=Cc3ccc4ccc5cccc6ccc3c4c56)cc2c2cc(C=Cc3ccc4ccc5cccc6ccc3c4c56)ccc21. The van der Waals surface area contributed by atoms with E-state index >= 15 is 0 Å². The maximum absolute atomic E-state index is 2.44. The van der Waals surface area contributed by atoms with Crippen LogP contribution in [0.15, 0.2) is 146 Å². The number of rotatable bonds is 5. The molecule has 0 unspecified atom stereocenters. The van der Waals surface area contributed by atoms with Crippen LogP contribution in [0.3, 0.4) is 0 Å². The predicted molar refractivity (Wildman–Crippen MR) is 223 cm³/mol. The van der Waals surface area contributed by atoms with E-state index in [2.05, 4.69) is 181 Å². The minimum Gasteiger partial charge on any atom is -0.341 e. The van der Waals surface area contributed by atoms with Crippen molar-refractivity contribution in [1.29, 1.82) is 0 Å². The second kappa shape index (κ2) is 10.8. The molecule has 1 aromatic heterocycles. The van der Waals surface area contributed by atoms with Gasteiger partial charge in [0.2, 0.25) is 0 Å². The Kier molecular flexibility index (Phi) is 6.00. The van der Waals surface area contributed by atoms with Crippen LogP contribution in [-0.2, 0) is 6.54 Å². The maximum atomic E-state index is 2.44. The zero-order valence-electron chi connectivity index (χ0n) is 28.3. The van der Waals surface area contributed by atoms with E-state index in [9.17, 15) is 0 Å². The molecule has 11 rings (SSSR count). The Labute approximate surface area is 295 Å². The summed E-state index contributed by atoms with van der Waals surface area (Å²) in [7, 11) is 0. The Morgan fingerprint density at radius 3 is 1.20 bits per heavy atom. The number of aryl methyl sites for hydroxylation is 1. The lowest BCUT2D eigenvalue weighted by Crippen LogP contribution is -1.92. The topological polar surface area (TPSA) is 4.93 Å². The summed E-state index contributed by atoms with van der Waals surface area (Å²) in [5.41, 5.74) is 7.46. The lowest BCUT2D eigenvalue weighted by molar-refractivity contribution is 0.827. The van der Waals surface area contributed by atoms with Crippen molar-refractivity contribution in [3.63, 3.8) is 0 Å². The summed E-state index contributed by atoms with van der Waals surface area (Å²) < 4.78 is 2.44. The summed E-state index contributed by atoms with van der Waals surface area (Å²) in [5, 5.41) is 18.4. The van der Waals surface area contributed by atoms with Gasteiger partial charge in [-0.2, -0.15) is 0 Å². The first kappa shape index (κ1) is 28.4. The van der Waals surface area contributed by atoms with Crippen molar-refractivity contribution in [2.24, 2.45) is 0 Å². The van der Waals surface area contributed by atoms with E-state index < -0.39 is 0 Å². The lowest BCUT2D eigenvalue weighted by Gasteiger charge is -2.12. The highest BCUT2D eigenvalue weighted by molar-refractivity contribution is 6.25. The first-order chi connectivity index (χ1) is 25.2. The molecule has 0 aliphatic carbocycles. The Balaban J connectivity index is 0.996. The van der Waals surface area contributed by atoms with Crippen LogP contribution in [0, 0.1) is 0 Å². The van der Waals surface area contributed by atoms with Crippen molar-refractivity contribution in [3.8, 4) is 0 Å². The third-order valence-corrected chi connectivity index (χ3v) is 11.3. The van der Waals surface area contributed by atoms with Gasteiger partial charge < -0.3 is 4.57 Å². The van der Waals surface area contributed by atoms with Gasteiger partial charge in [-0.1, -0.05) is 146 Å². The van der Waals surface area contributed by atoms with Crippen molar-refractivity contribution in [2.75, 3.05) is 0 Å². The average molecular weight is 648 g/mol. The molecule has 0 aliphatic heterocycles. The van der Waals surface area contributed by atoms with Crippen LogP contribution in [-0.4, -0.2) is 4.57 Å². The Morgan fingerprint density at radius 2 is 0.765 bits per heavy atom. The molecule has 1 nitrogen and oxygen atoms in total. The van der Waals surface area contributed by atoms with E-state index in [-0.39, 0.29) is 0 Å². The van der Waals surface area contributed by atoms with Gasteiger partial charge in [0.25, 0.3) is 0 Å². The van der Waals surface area contributed by atoms with E-state index in [1.54, 1.807) is 0 Å². The lowest BCUT2D eigenvalue weighted by atomic mass is 9.91. The van der Waals surface area contributed by atoms with Gasteiger partial charge in [-0.15, -0.1) is 0 Å². The summed E-state index contributed by atoms with van der Waals surface area (Å²) in [6.45, 7) is 3.16. The molecule has 0 bridgehead atoms. The van der Waals surface area contributed by atoms with Crippen LogP contribution >= 0.6 is 0 Å². The van der Waals surface area contributed by atoms with Gasteiger partial charge in [-0.25, -0.2) is 0 Å². The molecule has 238 valence electrons. The summed E-state index contributed by atoms with van der Waals surface area (Å²) in [6.07, 6.45) is 9.13. The van der Waals surface area contributed by atoms with E-state index in [1.807, 2.05) is 0 Å². The average Bonchev–Trinajstić information content (AvgIpc) is 3.50. The van der Waals surface area contributed by atoms with E-state index in [0.717, 1.165) is 6.54 Å². The zero-order chi connectivity index (χ0) is 33.6. The summed E-state index contributed by atoms with van der Waals surface area (Å²) >= 11 is 0. The van der Waals surface area contributed by atoms with Crippen molar-refractivity contribution < 1.29 is 0 Å². The van der Waals surface area contributed by atoms with Crippen LogP contribution in [0.2, 0.25) is 0 Å². The van der Waals surface area contributed by atoms with E-state index in [0.29, 0.717) is 0 Å². The third kappa shape index (κ3) is 4.22. The largest absolute Gasteiger partial charge is 0.341 e. The fraction of sp³-hybridized carbons (Fsp3) is 0.0400. The van der Waals surface area contributed by atoms with Crippen LogP contribution in [0.1, 0.15) is 29.2 Å². The van der Waals surface area contributed by atoms with Gasteiger partial charge in [0.05, 0.1) is 0 Å². The van der Waals surface area contributed by atoms with Crippen molar-refractivity contribution >= 4 is 111 Å². The number of hydrogen-bond donors (Lipinski definition) is 0. The fourth-order valence-electron chi connectivity index (χ4n) is 8.87. The van der Waals surface area contributed by atoms with Crippen LogP contribution in [0.5, 0.6) is 0 Å². The van der Waals surface area contributed by atoms with Crippen molar-refractivity contribution in [2.45, 2.75) is 13.5 Å². The number of nitrogens with zero attached hydrogens (tertiary/aromatic N) is 1. The molecular formula is C50H33N. The zero-order valence-corrected chi connectivity index (χ0v) is 28.3. The molecule has 1 heteroatoms. The summed E-state index contributed by atoms with van der Waals surface area (Å²) in [4.78, 5) is 0. The summed E-state index contributed by atoms with van der Waals surface area (Å²) in [5.74, 6) is 0. The Morgan fingerprint density at radius 1 is 0.373 bits per heavy atom. The molecule has 10 aromatic carbocycles. The molecule has 0 fully saturated rings. The number of hydrogen-bond acceptors (Lipinski definition) is 0. The molecule has 51 heavy (non-hydrogen) atoms. The van der Waals surface area contributed by atoms with Crippen LogP contribution in [0.25, 0.3) is 111 Å². The standard InChI is InChI=1S/C50H33N/c1-2-51-45-27-11-31(9-13-33-15-17-39-21-19-35-5-3-7-37-23-25-41(33)49(39)47(35)37)29-43(45)44-30-32(12-28-46(44)51)10-14-34-16-18-40-22-20-36-6-4-8-38-24-26-42(34)50(40)48(36)38/h3-30H,2H2,1H3. The number of aromatic nitrogens is 1. The highest BCUT2D eigenvalue weighted by Crippen LogP contribution is 2.39. The van der Waals surface area contributed by atoms with Crippen LogP contribution in [0.4, 0.5) is 0 Å². The molecule has 0 aliphatic rings. The van der Waals surface area contributed by atoms with Gasteiger partial charge >= 0.3 is 0 Å². The first-order valence-corrected chi connectivity index (χ1v) is 18.0. The number of benzene rings is 10. The van der Waals surface area contributed by atoms with Crippen molar-refractivity contribution in [3.05, 3.63) is 168 Å². The normalized spacial score (nSPS) is 12.7. The summed E-state index contributed by atoms with van der Waals surface area (Å²) in [6, 6.07) is 54.2. The minimum atomic E-state index is 0.926. The Hall–Kier alpha value is -6.44. The molecule has 0 atom stereocenters. The molecule has 0 N–H and O–H groups in total. The number of fused-ring (bicyclic) bond motifs is 3. The highest BCUT2D eigenvalue weighted by atomic mass is 15.0. The highest BCUT2D eigenvalue weighted by Gasteiger charge is 2.13. The molecule has 0 spiro atoms. The van der Waals surface area contributed by atoms with Crippen molar-refractivity contribution in [1.82, 2.24) is 4.57 Å². The van der Waals surface area contributed by atoms with Gasteiger partial charge in [0, 0.05) is 28.4 Å². The molecule has 0 radical (unpaired) electrons. The monoisotopic (exact) mass is 647 g/mol. The van der Waals surface area contributed by atoms with E-state index in [1.165, 1.54) is 109 Å². The second-order valence-corrected chi connectivity index (χ2v) is 14.0. The van der Waals surface area contributed by atoms with Gasteiger partial charge in [-0.3, -0.25) is 0 Å². The van der Waals surface area contributed by atoms with Gasteiger partial charge in [0.1, 0.15) is 0 Å². The van der Waals surface area contributed by atoms with Crippen LogP contribution < -0.4 is 0 Å². The van der Waals surface area contributed by atoms with Gasteiger partial charge in [-0.05, 0) is 118 Å². The maximum Gasteiger partial charge on any atom is 0.0491 e. The predicted octanol–water partition coefficient (Wildman–Crippen LogP) is 13.9. The first-order valence-electron chi connectivity index (χ1n) is 18.0. The molecule has 11 aromatic rings. The Bertz CT molecular complexity index is 2980. The van der Waals surface area contributed by atoms with Gasteiger partial charge in [0.15, 0.2) is 0 Å². The molecule has 0 saturated heterocycles. The smallest absolute Gasteiger partial charge is 0.0491 e. The van der Waals surface area contributed by atoms with E-state index in [4.69, 9.17) is 0 Å². The second-order valence-electron chi connectivity index (χ2n) is 14.0. The quantitative estimate of drug-likeness (QED) is 0.129. The molecule has 0 saturated carbocycles. The molecule has 1 heterocycles. The third-order valence-electron chi connectivity index (χ3n) is 11.3. The molecular weight excluding hydrogens is 615 g/mol.